The summed E-state index contributed by atoms with van der Waals surface area (Å²) in [5.74, 6) is 1.02. The quantitative estimate of drug-likeness (QED) is 0.816. The highest BCUT2D eigenvalue weighted by atomic mass is 35.5. The third-order valence-electron chi connectivity index (χ3n) is 4.59. The number of ether oxygens (including phenoxy) is 1. The van der Waals surface area contributed by atoms with E-state index < -0.39 is 0 Å². The topological polar surface area (TPSA) is 44.8 Å². The highest BCUT2D eigenvalue weighted by Crippen LogP contribution is 2.30. The molecule has 142 valence electrons. The van der Waals surface area contributed by atoms with Crippen LogP contribution < -0.4 is 10.1 Å². The van der Waals surface area contributed by atoms with Gasteiger partial charge < -0.3 is 15.0 Å². The SMILES string of the molecule is COc1ccccc1C1CNCCN1CC(=O)N(C)Cc1cccs1.Cl. The molecule has 3 rings (SSSR count). The van der Waals surface area contributed by atoms with E-state index in [4.69, 9.17) is 4.74 Å². The number of methoxy groups -OCH3 is 1. The molecule has 2 aromatic rings. The van der Waals surface area contributed by atoms with Gasteiger partial charge in [0.2, 0.25) is 5.91 Å². The maximum Gasteiger partial charge on any atom is 0.236 e. The summed E-state index contributed by atoms with van der Waals surface area (Å²) >= 11 is 1.68. The number of thiophene rings is 1. The van der Waals surface area contributed by atoms with E-state index in [9.17, 15) is 4.79 Å². The van der Waals surface area contributed by atoms with Crippen molar-refractivity contribution in [2.24, 2.45) is 0 Å². The van der Waals surface area contributed by atoms with Gasteiger partial charge in [-0.3, -0.25) is 9.69 Å². The van der Waals surface area contributed by atoms with Crippen LogP contribution >= 0.6 is 23.7 Å². The number of piperazine rings is 1. The monoisotopic (exact) mass is 395 g/mol. The summed E-state index contributed by atoms with van der Waals surface area (Å²) in [6.45, 7) is 3.66. The predicted molar refractivity (Wildman–Crippen MR) is 108 cm³/mol. The Balaban J connectivity index is 0.00000243. The molecule has 1 atom stereocenters. The highest BCUT2D eigenvalue weighted by Gasteiger charge is 2.28. The van der Waals surface area contributed by atoms with Crippen LogP contribution in [0.2, 0.25) is 0 Å². The molecule has 1 aromatic carbocycles. The van der Waals surface area contributed by atoms with Crippen LogP contribution in [0.1, 0.15) is 16.5 Å². The molecule has 1 saturated heterocycles. The molecule has 1 aliphatic rings. The largest absolute Gasteiger partial charge is 0.496 e. The Hall–Kier alpha value is -1.60. The summed E-state index contributed by atoms with van der Waals surface area (Å²) in [5.41, 5.74) is 1.13. The lowest BCUT2D eigenvalue weighted by molar-refractivity contribution is -0.132. The van der Waals surface area contributed by atoms with Crippen molar-refractivity contribution in [3.63, 3.8) is 0 Å². The van der Waals surface area contributed by atoms with E-state index in [2.05, 4.69) is 22.3 Å². The Morgan fingerprint density at radius 3 is 2.88 bits per heavy atom. The molecule has 1 aromatic heterocycles. The second-order valence-electron chi connectivity index (χ2n) is 6.26. The van der Waals surface area contributed by atoms with Crippen LogP contribution in [0.4, 0.5) is 0 Å². The lowest BCUT2D eigenvalue weighted by atomic mass is 10.0. The number of hydrogen-bond donors (Lipinski definition) is 1. The minimum atomic E-state index is 0. The van der Waals surface area contributed by atoms with Crippen molar-refractivity contribution >= 4 is 29.7 Å². The molecule has 0 aliphatic carbocycles. The average molecular weight is 396 g/mol. The fraction of sp³-hybridized carbons (Fsp3) is 0.421. The van der Waals surface area contributed by atoms with Gasteiger partial charge in [0.25, 0.3) is 0 Å². The number of benzene rings is 1. The molecule has 0 radical (unpaired) electrons. The predicted octanol–water partition coefficient (Wildman–Crippen LogP) is 2.78. The van der Waals surface area contributed by atoms with Crippen molar-refractivity contribution in [1.82, 2.24) is 15.1 Å². The Labute approximate surface area is 165 Å². The first-order chi connectivity index (χ1) is 12.2. The zero-order chi connectivity index (χ0) is 17.6. The van der Waals surface area contributed by atoms with Crippen molar-refractivity contribution < 1.29 is 9.53 Å². The first-order valence-electron chi connectivity index (χ1n) is 8.53. The van der Waals surface area contributed by atoms with Crippen molar-refractivity contribution in [3.05, 3.63) is 52.2 Å². The van der Waals surface area contributed by atoms with Gasteiger partial charge >= 0.3 is 0 Å². The molecule has 1 amide bonds. The van der Waals surface area contributed by atoms with Gasteiger partial charge in [0.1, 0.15) is 5.75 Å². The Morgan fingerprint density at radius 1 is 1.35 bits per heavy atom. The molecule has 5 nitrogen and oxygen atoms in total. The Kier molecular flexibility index (Phi) is 7.90. The highest BCUT2D eigenvalue weighted by molar-refractivity contribution is 7.09. The standard InChI is InChI=1S/C19H25N3O2S.ClH/c1-21(13-15-6-5-11-25-15)19(23)14-22-10-9-20-12-17(22)16-7-3-4-8-18(16)24-2;/h3-8,11,17,20H,9-10,12-14H2,1-2H3;1H. The van der Waals surface area contributed by atoms with Gasteiger partial charge in [-0.2, -0.15) is 0 Å². The number of nitrogens with one attached hydrogen (secondary N) is 1. The summed E-state index contributed by atoms with van der Waals surface area (Å²) in [4.78, 5) is 18.0. The van der Waals surface area contributed by atoms with Crippen LogP contribution in [-0.2, 0) is 11.3 Å². The number of amides is 1. The number of likely N-dealkylation sites (N-methyl/N-ethyl adjacent to an activating group) is 1. The van der Waals surface area contributed by atoms with Crippen LogP contribution in [0.5, 0.6) is 5.75 Å². The van der Waals surface area contributed by atoms with Crippen LogP contribution in [0.15, 0.2) is 41.8 Å². The fourth-order valence-corrected chi connectivity index (χ4v) is 3.96. The van der Waals surface area contributed by atoms with Gasteiger partial charge in [-0.25, -0.2) is 0 Å². The molecule has 7 heteroatoms. The van der Waals surface area contributed by atoms with Gasteiger partial charge in [0.15, 0.2) is 0 Å². The number of carbonyl (C=O) groups excluding carboxylic acids is 1. The zero-order valence-electron chi connectivity index (χ0n) is 15.2. The molecule has 26 heavy (non-hydrogen) atoms. The van der Waals surface area contributed by atoms with E-state index in [1.165, 1.54) is 4.88 Å². The Bertz CT molecular complexity index is 696. The van der Waals surface area contributed by atoms with E-state index in [0.717, 1.165) is 30.9 Å². The molecule has 1 fully saturated rings. The van der Waals surface area contributed by atoms with Crippen LogP contribution in [0.3, 0.4) is 0 Å². The molecule has 0 bridgehead atoms. The van der Waals surface area contributed by atoms with Crippen LogP contribution in [-0.4, -0.2) is 56.0 Å². The number of hydrogen-bond acceptors (Lipinski definition) is 5. The Morgan fingerprint density at radius 2 is 2.15 bits per heavy atom. The second kappa shape index (κ2) is 9.92. The third-order valence-corrected chi connectivity index (χ3v) is 5.45. The molecule has 0 saturated carbocycles. The summed E-state index contributed by atoms with van der Waals surface area (Å²) in [7, 11) is 3.57. The summed E-state index contributed by atoms with van der Waals surface area (Å²) in [5, 5.41) is 5.48. The molecule has 1 N–H and O–H groups in total. The second-order valence-corrected chi connectivity index (χ2v) is 7.29. The van der Waals surface area contributed by atoms with Crippen LogP contribution in [0, 0.1) is 0 Å². The molecule has 2 heterocycles. The number of rotatable bonds is 6. The first-order valence-corrected chi connectivity index (χ1v) is 9.41. The maximum atomic E-state index is 12.7. The molecule has 1 aliphatic heterocycles. The molecule has 0 spiro atoms. The fourth-order valence-electron chi connectivity index (χ4n) is 3.20. The minimum absolute atomic E-state index is 0. The summed E-state index contributed by atoms with van der Waals surface area (Å²) in [6, 6.07) is 12.3. The smallest absolute Gasteiger partial charge is 0.236 e. The number of para-hydroxylation sites is 1. The van der Waals surface area contributed by atoms with E-state index in [-0.39, 0.29) is 24.4 Å². The van der Waals surface area contributed by atoms with E-state index in [1.807, 2.05) is 41.6 Å². The lowest BCUT2D eigenvalue weighted by Crippen LogP contribution is -2.49. The summed E-state index contributed by atoms with van der Waals surface area (Å²) in [6.07, 6.45) is 0. The van der Waals surface area contributed by atoms with E-state index in [1.54, 1.807) is 18.4 Å². The molecular formula is C19H26ClN3O2S. The average Bonchev–Trinajstić information content (AvgIpc) is 3.15. The number of carbonyl (C=O) groups is 1. The zero-order valence-corrected chi connectivity index (χ0v) is 16.8. The number of halogens is 1. The van der Waals surface area contributed by atoms with Crippen LogP contribution in [0.25, 0.3) is 0 Å². The van der Waals surface area contributed by atoms with E-state index in [0.29, 0.717) is 13.1 Å². The van der Waals surface area contributed by atoms with Crippen molar-refractivity contribution in [2.75, 3.05) is 40.3 Å². The van der Waals surface area contributed by atoms with Gasteiger partial charge in [-0.1, -0.05) is 24.3 Å². The third kappa shape index (κ3) is 4.98. The van der Waals surface area contributed by atoms with Gasteiger partial charge in [0, 0.05) is 37.1 Å². The minimum Gasteiger partial charge on any atom is -0.496 e. The molecular weight excluding hydrogens is 370 g/mol. The molecule has 1 unspecified atom stereocenters. The summed E-state index contributed by atoms with van der Waals surface area (Å²) < 4.78 is 5.52. The van der Waals surface area contributed by atoms with Crippen molar-refractivity contribution in [1.29, 1.82) is 0 Å². The van der Waals surface area contributed by atoms with Gasteiger partial charge in [0.05, 0.1) is 26.2 Å². The van der Waals surface area contributed by atoms with Gasteiger partial charge in [-0.15, -0.1) is 23.7 Å². The van der Waals surface area contributed by atoms with E-state index >= 15 is 0 Å². The maximum absolute atomic E-state index is 12.7. The first kappa shape index (κ1) is 20.7. The lowest BCUT2D eigenvalue weighted by Gasteiger charge is -2.37. The van der Waals surface area contributed by atoms with Crippen molar-refractivity contribution in [3.8, 4) is 5.75 Å². The normalized spacial score (nSPS) is 17.4. The van der Waals surface area contributed by atoms with Crippen molar-refractivity contribution in [2.45, 2.75) is 12.6 Å². The number of nitrogens with zero attached hydrogens (tertiary/aromatic N) is 2. The van der Waals surface area contributed by atoms with Gasteiger partial charge in [-0.05, 0) is 17.5 Å².